The van der Waals surface area contributed by atoms with Crippen LogP contribution < -0.4 is 0 Å². The maximum Gasteiger partial charge on any atom is 0.471 e. The minimum Gasteiger partial charge on any atom is -0.460 e. The minimum absolute atomic E-state index is 0.112. The molecule has 1 aromatic carbocycles. The lowest BCUT2D eigenvalue weighted by Crippen LogP contribution is -2.56. The Balaban J connectivity index is 1.82. The fourth-order valence-corrected chi connectivity index (χ4v) is 5.11. The second kappa shape index (κ2) is 9.81. The summed E-state index contributed by atoms with van der Waals surface area (Å²) in [4.78, 5) is 26.7. The number of hydrogen-bond acceptors (Lipinski definition) is 4. The maximum absolute atomic E-state index is 13.5. The molecule has 5 nitrogen and oxygen atoms in total. The monoisotopic (exact) mass is 455 g/mol. The first-order chi connectivity index (χ1) is 15.1. The summed E-state index contributed by atoms with van der Waals surface area (Å²) >= 11 is 0. The van der Waals surface area contributed by atoms with Crippen LogP contribution in [0.3, 0.4) is 0 Å². The van der Waals surface area contributed by atoms with Gasteiger partial charge in [-0.2, -0.15) is 13.2 Å². The molecular formula is C24H32F3NO4. The standard InChI is InChI=1S/C24H32F3NO4/c1-16(2)23(22(30)32-15-18-7-5-4-6-8-18)11-9-19(13-23)28(21(29)24(25,26)27)20-10-12-31-14-17(20)3/h4-8,16-17,19-20H,9-15H2,1-3H3/t17-,19?,20+,23+/m1/s1. The highest BCUT2D eigenvalue weighted by atomic mass is 19.4. The predicted molar refractivity (Wildman–Crippen MR) is 112 cm³/mol. The number of nitrogens with zero attached hydrogens (tertiary/aromatic N) is 1. The Kier molecular flexibility index (Phi) is 7.53. The van der Waals surface area contributed by atoms with E-state index in [1.165, 1.54) is 0 Å². The molecule has 1 unspecified atom stereocenters. The lowest BCUT2D eigenvalue weighted by Gasteiger charge is -2.43. The number of ether oxygens (including phenoxy) is 2. The SMILES string of the molecule is CC(C)[C@]1(C(=O)OCc2ccccc2)CCC(N(C(=O)C(F)(F)F)[C@H]2CCOC[C@H]2C)C1. The van der Waals surface area contributed by atoms with Gasteiger partial charge in [-0.05, 0) is 37.2 Å². The third-order valence-corrected chi connectivity index (χ3v) is 7.07. The molecule has 0 spiro atoms. The zero-order valence-electron chi connectivity index (χ0n) is 18.9. The van der Waals surface area contributed by atoms with E-state index in [1.54, 1.807) is 6.92 Å². The summed E-state index contributed by atoms with van der Waals surface area (Å²) in [5.74, 6) is -2.57. The van der Waals surface area contributed by atoms with Gasteiger partial charge in [0.2, 0.25) is 0 Å². The first kappa shape index (κ1) is 24.6. The quantitative estimate of drug-likeness (QED) is 0.582. The molecule has 4 atom stereocenters. The number of rotatable bonds is 6. The van der Waals surface area contributed by atoms with Crippen molar-refractivity contribution in [2.24, 2.45) is 17.3 Å². The van der Waals surface area contributed by atoms with E-state index in [4.69, 9.17) is 9.47 Å². The molecule has 0 aromatic heterocycles. The van der Waals surface area contributed by atoms with Crippen LogP contribution in [0.25, 0.3) is 0 Å². The molecule has 1 aliphatic carbocycles. The first-order valence-electron chi connectivity index (χ1n) is 11.2. The van der Waals surface area contributed by atoms with Gasteiger partial charge < -0.3 is 14.4 Å². The lowest BCUT2D eigenvalue weighted by atomic mass is 9.75. The second-order valence-corrected chi connectivity index (χ2v) is 9.39. The Morgan fingerprint density at radius 1 is 1.22 bits per heavy atom. The normalized spacial score (nSPS) is 28.5. The number of esters is 1. The van der Waals surface area contributed by atoms with Crippen molar-refractivity contribution >= 4 is 11.9 Å². The molecule has 1 heterocycles. The molecule has 1 saturated carbocycles. The lowest BCUT2D eigenvalue weighted by molar-refractivity contribution is -0.194. The molecule has 1 aromatic rings. The number of carbonyl (C=O) groups is 2. The molecule has 3 rings (SSSR count). The molecule has 0 bridgehead atoms. The van der Waals surface area contributed by atoms with E-state index >= 15 is 0 Å². The molecule has 1 amide bonds. The van der Waals surface area contributed by atoms with Crippen molar-refractivity contribution in [3.8, 4) is 0 Å². The summed E-state index contributed by atoms with van der Waals surface area (Å²) in [7, 11) is 0. The van der Waals surface area contributed by atoms with E-state index in [0.717, 1.165) is 10.5 Å². The number of benzene rings is 1. The van der Waals surface area contributed by atoms with Crippen LogP contribution in [0.1, 0.15) is 52.0 Å². The van der Waals surface area contributed by atoms with Gasteiger partial charge in [-0.3, -0.25) is 9.59 Å². The number of carbonyl (C=O) groups excluding carboxylic acids is 2. The van der Waals surface area contributed by atoms with Crippen molar-refractivity contribution in [1.29, 1.82) is 0 Å². The summed E-state index contributed by atoms with van der Waals surface area (Å²) in [6.45, 7) is 6.32. The zero-order chi connectivity index (χ0) is 23.5. The molecule has 32 heavy (non-hydrogen) atoms. The predicted octanol–water partition coefficient (Wildman–Crippen LogP) is 4.74. The van der Waals surface area contributed by atoms with Crippen LogP contribution in [0.4, 0.5) is 13.2 Å². The highest BCUT2D eigenvalue weighted by Gasteiger charge is 2.55. The first-order valence-corrected chi connectivity index (χ1v) is 11.2. The molecule has 1 saturated heterocycles. The summed E-state index contributed by atoms with van der Waals surface area (Å²) in [6, 6.07) is 8.04. The molecule has 1 aliphatic heterocycles. The Bertz CT molecular complexity index is 798. The molecule has 0 N–H and O–H groups in total. The van der Waals surface area contributed by atoms with Crippen LogP contribution in [-0.4, -0.2) is 48.3 Å². The Hall–Kier alpha value is -2.09. The van der Waals surface area contributed by atoms with E-state index < -0.39 is 35.6 Å². The van der Waals surface area contributed by atoms with Crippen molar-refractivity contribution < 1.29 is 32.2 Å². The van der Waals surface area contributed by atoms with Gasteiger partial charge in [0.05, 0.1) is 12.0 Å². The Morgan fingerprint density at radius 2 is 1.91 bits per heavy atom. The molecule has 2 fully saturated rings. The average Bonchev–Trinajstić information content (AvgIpc) is 3.20. The number of hydrogen-bond donors (Lipinski definition) is 0. The molecule has 178 valence electrons. The smallest absolute Gasteiger partial charge is 0.460 e. The Morgan fingerprint density at radius 3 is 2.50 bits per heavy atom. The largest absolute Gasteiger partial charge is 0.471 e. The van der Waals surface area contributed by atoms with Crippen LogP contribution in [0.15, 0.2) is 30.3 Å². The highest BCUT2D eigenvalue weighted by molar-refractivity contribution is 5.83. The van der Waals surface area contributed by atoms with E-state index in [-0.39, 0.29) is 24.9 Å². The number of amides is 1. The van der Waals surface area contributed by atoms with Gasteiger partial charge >= 0.3 is 18.1 Å². The Labute approximate surface area is 187 Å². The van der Waals surface area contributed by atoms with Gasteiger partial charge in [-0.15, -0.1) is 0 Å². The van der Waals surface area contributed by atoms with Crippen LogP contribution in [0, 0.1) is 17.3 Å². The van der Waals surface area contributed by atoms with Gasteiger partial charge in [0.1, 0.15) is 6.61 Å². The third-order valence-electron chi connectivity index (χ3n) is 7.07. The van der Waals surface area contributed by atoms with Crippen LogP contribution in [0.2, 0.25) is 0 Å². The van der Waals surface area contributed by atoms with Crippen LogP contribution in [-0.2, 0) is 25.7 Å². The highest BCUT2D eigenvalue weighted by Crippen LogP contribution is 2.48. The maximum atomic E-state index is 13.5. The molecule has 0 radical (unpaired) electrons. The van der Waals surface area contributed by atoms with Crippen molar-refractivity contribution in [3.63, 3.8) is 0 Å². The summed E-state index contributed by atoms with van der Waals surface area (Å²) in [5.41, 5.74) is -0.0722. The minimum atomic E-state index is -4.96. The van der Waals surface area contributed by atoms with Gasteiger partial charge in [-0.1, -0.05) is 51.1 Å². The molecule has 8 heteroatoms. The number of halogens is 3. The van der Waals surface area contributed by atoms with E-state index in [1.807, 2.05) is 44.2 Å². The number of alkyl halides is 3. The van der Waals surface area contributed by atoms with Gasteiger partial charge in [0.15, 0.2) is 0 Å². The average molecular weight is 456 g/mol. The van der Waals surface area contributed by atoms with Crippen molar-refractivity contribution in [2.75, 3.05) is 13.2 Å². The van der Waals surface area contributed by atoms with E-state index in [9.17, 15) is 22.8 Å². The topological polar surface area (TPSA) is 55.8 Å². The second-order valence-electron chi connectivity index (χ2n) is 9.39. The van der Waals surface area contributed by atoms with Gasteiger partial charge in [0, 0.05) is 24.6 Å². The van der Waals surface area contributed by atoms with Crippen molar-refractivity contribution in [1.82, 2.24) is 4.90 Å². The van der Waals surface area contributed by atoms with Crippen LogP contribution >= 0.6 is 0 Å². The summed E-state index contributed by atoms with van der Waals surface area (Å²) in [5, 5.41) is 0. The third kappa shape index (κ3) is 5.11. The van der Waals surface area contributed by atoms with E-state index in [0.29, 0.717) is 32.5 Å². The van der Waals surface area contributed by atoms with Gasteiger partial charge in [-0.25, -0.2) is 0 Å². The molecular weight excluding hydrogens is 423 g/mol. The van der Waals surface area contributed by atoms with Gasteiger partial charge in [0.25, 0.3) is 0 Å². The fraction of sp³-hybridized carbons (Fsp3) is 0.667. The zero-order valence-corrected chi connectivity index (χ0v) is 18.9. The fourth-order valence-electron chi connectivity index (χ4n) is 5.11. The summed E-state index contributed by atoms with van der Waals surface area (Å²) in [6.07, 6.45) is -3.71. The van der Waals surface area contributed by atoms with Crippen molar-refractivity contribution in [3.05, 3.63) is 35.9 Å². The van der Waals surface area contributed by atoms with E-state index in [2.05, 4.69) is 0 Å². The summed E-state index contributed by atoms with van der Waals surface area (Å²) < 4.78 is 51.6. The molecule has 2 aliphatic rings. The van der Waals surface area contributed by atoms with Crippen LogP contribution in [0.5, 0.6) is 0 Å². The van der Waals surface area contributed by atoms with Crippen molar-refractivity contribution in [2.45, 2.75) is 71.3 Å².